The molecule has 0 aromatic heterocycles. The van der Waals surface area contributed by atoms with E-state index in [1.807, 2.05) is 91.0 Å². The third-order valence-corrected chi connectivity index (χ3v) is 6.41. The van der Waals surface area contributed by atoms with Gasteiger partial charge in [0.05, 0.1) is 0 Å². The van der Waals surface area contributed by atoms with Gasteiger partial charge in [0.2, 0.25) is 0 Å². The maximum Gasteiger partial charge on any atom is 0.322 e. The number of carbonyl (C=O) groups excluding carboxylic acids is 2. The van der Waals surface area contributed by atoms with Gasteiger partial charge in [-0.15, -0.1) is 0 Å². The van der Waals surface area contributed by atoms with Gasteiger partial charge >= 0.3 is 12.0 Å². The average Bonchev–Trinajstić information content (AvgIpc) is 2.89. The number of amides is 2. The number of esters is 1. The number of anilines is 1. The molecule has 5 nitrogen and oxygen atoms in total. The number of hydrogen-bond donors (Lipinski definition) is 1. The molecular formula is C30H28N2O3S. The van der Waals surface area contributed by atoms with Crippen molar-refractivity contribution in [3.8, 4) is 5.75 Å². The van der Waals surface area contributed by atoms with Crippen molar-refractivity contribution in [2.45, 2.75) is 29.7 Å². The van der Waals surface area contributed by atoms with Crippen molar-refractivity contribution in [3.63, 3.8) is 0 Å². The fourth-order valence-electron chi connectivity index (χ4n) is 3.72. The van der Waals surface area contributed by atoms with Gasteiger partial charge in [0, 0.05) is 35.5 Å². The molecule has 6 heteroatoms. The van der Waals surface area contributed by atoms with Crippen LogP contribution in [0.3, 0.4) is 0 Å². The van der Waals surface area contributed by atoms with Gasteiger partial charge in [-0.1, -0.05) is 84.6 Å². The van der Waals surface area contributed by atoms with Crippen LogP contribution >= 0.6 is 11.8 Å². The molecule has 0 fully saturated rings. The van der Waals surface area contributed by atoms with E-state index in [-0.39, 0.29) is 12.0 Å². The lowest BCUT2D eigenvalue weighted by Gasteiger charge is -2.24. The Labute approximate surface area is 216 Å². The lowest BCUT2D eigenvalue weighted by Crippen LogP contribution is -2.41. The summed E-state index contributed by atoms with van der Waals surface area (Å²) in [4.78, 5) is 28.3. The van der Waals surface area contributed by atoms with E-state index in [1.54, 1.807) is 22.7 Å². The summed E-state index contributed by atoms with van der Waals surface area (Å²) in [5.74, 6) is 0.156. The first kappa shape index (κ1) is 25.1. The lowest BCUT2D eigenvalue weighted by molar-refractivity contribution is -0.131. The van der Waals surface area contributed by atoms with Crippen LogP contribution in [0.2, 0.25) is 0 Å². The third kappa shape index (κ3) is 7.48. The number of urea groups is 1. The molecule has 182 valence electrons. The van der Waals surface area contributed by atoms with Crippen molar-refractivity contribution < 1.29 is 14.3 Å². The van der Waals surface area contributed by atoms with Gasteiger partial charge in [-0.3, -0.25) is 9.69 Å². The van der Waals surface area contributed by atoms with E-state index in [1.165, 1.54) is 12.5 Å². The first-order chi connectivity index (χ1) is 17.6. The molecule has 0 saturated carbocycles. The molecule has 0 aliphatic carbocycles. The number of benzene rings is 4. The fraction of sp³-hybridized carbons (Fsp3) is 0.133. The van der Waals surface area contributed by atoms with E-state index < -0.39 is 0 Å². The van der Waals surface area contributed by atoms with Crippen molar-refractivity contribution in [1.29, 1.82) is 0 Å². The summed E-state index contributed by atoms with van der Waals surface area (Å²) in [6, 6.07) is 35.2. The SMILES string of the molecule is CC(=O)Oc1cccc(Sc2cccc(N(CCc3ccccc3)C(=O)NCc3ccccc3)c2)c1. The van der Waals surface area contributed by atoms with Crippen LogP contribution in [0.5, 0.6) is 5.75 Å². The highest BCUT2D eigenvalue weighted by Crippen LogP contribution is 2.32. The maximum absolute atomic E-state index is 13.3. The second kappa shape index (κ2) is 12.6. The Bertz CT molecular complexity index is 1300. The van der Waals surface area contributed by atoms with Gasteiger partial charge in [-0.05, 0) is 53.9 Å². The number of rotatable bonds is 9. The summed E-state index contributed by atoms with van der Waals surface area (Å²) >= 11 is 1.55. The number of hydrogen-bond acceptors (Lipinski definition) is 4. The second-order valence-corrected chi connectivity index (χ2v) is 9.35. The normalized spacial score (nSPS) is 10.5. The van der Waals surface area contributed by atoms with Crippen LogP contribution in [-0.4, -0.2) is 18.5 Å². The zero-order valence-electron chi connectivity index (χ0n) is 20.1. The van der Waals surface area contributed by atoms with Gasteiger partial charge in [0.25, 0.3) is 0 Å². The molecule has 0 spiro atoms. The number of nitrogens with zero attached hydrogens (tertiary/aromatic N) is 1. The van der Waals surface area contributed by atoms with Gasteiger partial charge in [-0.2, -0.15) is 0 Å². The van der Waals surface area contributed by atoms with E-state index in [0.29, 0.717) is 18.8 Å². The number of nitrogens with one attached hydrogen (secondary N) is 1. The largest absolute Gasteiger partial charge is 0.427 e. The molecule has 2 amide bonds. The minimum Gasteiger partial charge on any atom is -0.427 e. The molecule has 4 rings (SSSR count). The molecule has 0 unspecified atom stereocenters. The van der Waals surface area contributed by atoms with Crippen molar-refractivity contribution in [2.24, 2.45) is 0 Å². The van der Waals surface area contributed by atoms with Crippen LogP contribution in [0.4, 0.5) is 10.5 Å². The number of ether oxygens (including phenoxy) is 1. The van der Waals surface area contributed by atoms with E-state index >= 15 is 0 Å². The summed E-state index contributed by atoms with van der Waals surface area (Å²) in [6.07, 6.45) is 0.737. The number of carbonyl (C=O) groups is 2. The van der Waals surface area contributed by atoms with Crippen LogP contribution in [0.1, 0.15) is 18.1 Å². The zero-order valence-corrected chi connectivity index (χ0v) is 20.9. The van der Waals surface area contributed by atoms with Crippen molar-refractivity contribution in [2.75, 3.05) is 11.4 Å². The van der Waals surface area contributed by atoms with Crippen LogP contribution in [0.25, 0.3) is 0 Å². The molecule has 0 bridgehead atoms. The fourth-order valence-corrected chi connectivity index (χ4v) is 4.64. The Hall–Kier alpha value is -4.03. The summed E-state index contributed by atoms with van der Waals surface area (Å²) in [7, 11) is 0. The Kier molecular flexibility index (Phi) is 8.78. The van der Waals surface area contributed by atoms with Gasteiger partial charge in [0.1, 0.15) is 5.75 Å². The van der Waals surface area contributed by atoms with E-state index in [0.717, 1.165) is 27.5 Å². The molecule has 0 aliphatic heterocycles. The quantitative estimate of drug-likeness (QED) is 0.206. The summed E-state index contributed by atoms with van der Waals surface area (Å²) in [5.41, 5.74) is 3.04. The predicted octanol–water partition coefficient (Wildman–Crippen LogP) is 6.72. The molecule has 4 aromatic carbocycles. The third-order valence-electron chi connectivity index (χ3n) is 5.43. The first-order valence-corrected chi connectivity index (χ1v) is 12.6. The molecule has 0 radical (unpaired) electrons. The van der Waals surface area contributed by atoms with Crippen LogP contribution in [0.15, 0.2) is 119 Å². The molecule has 0 heterocycles. The Morgan fingerprint density at radius 1 is 0.778 bits per heavy atom. The maximum atomic E-state index is 13.3. The molecular weight excluding hydrogens is 468 g/mol. The Morgan fingerprint density at radius 3 is 2.11 bits per heavy atom. The molecule has 0 aliphatic rings. The minimum atomic E-state index is -0.352. The molecule has 1 N–H and O–H groups in total. The van der Waals surface area contributed by atoms with E-state index in [4.69, 9.17) is 4.74 Å². The monoisotopic (exact) mass is 496 g/mol. The van der Waals surface area contributed by atoms with E-state index in [9.17, 15) is 9.59 Å². The minimum absolute atomic E-state index is 0.145. The standard InChI is InChI=1S/C30H28N2O3S/c1-23(33)35-27-15-9-17-29(21-27)36-28-16-8-14-26(20-28)32(19-18-24-10-4-2-5-11-24)30(34)31-22-25-12-6-3-7-13-25/h2-17,20-21H,18-19,22H2,1H3,(H,31,34). The Balaban J connectivity index is 1.52. The molecule has 36 heavy (non-hydrogen) atoms. The average molecular weight is 497 g/mol. The highest BCUT2D eigenvalue weighted by Gasteiger charge is 2.16. The van der Waals surface area contributed by atoms with Crippen LogP contribution in [-0.2, 0) is 17.8 Å². The van der Waals surface area contributed by atoms with Gasteiger partial charge in [0.15, 0.2) is 0 Å². The van der Waals surface area contributed by atoms with Gasteiger partial charge in [-0.25, -0.2) is 4.79 Å². The summed E-state index contributed by atoms with van der Waals surface area (Å²) in [5, 5.41) is 3.06. The molecule has 0 atom stereocenters. The molecule has 4 aromatic rings. The first-order valence-electron chi connectivity index (χ1n) is 11.8. The molecule has 0 saturated heterocycles. The Morgan fingerprint density at radius 2 is 1.42 bits per heavy atom. The lowest BCUT2D eigenvalue weighted by atomic mass is 10.1. The van der Waals surface area contributed by atoms with Crippen LogP contribution in [0, 0.1) is 0 Å². The van der Waals surface area contributed by atoms with Crippen molar-refractivity contribution >= 4 is 29.4 Å². The second-order valence-electron chi connectivity index (χ2n) is 8.20. The van der Waals surface area contributed by atoms with Crippen molar-refractivity contribution in [1.82, 2.24) is 5.32 Å². The summed E-state index contributed by atoms with van der Waals surface area (Å²) in [6.45, 7) is 2.38. The summed E-state index contributed by atoms with van der Waals surface area (Å²) < 4.78 is 5.21. The van der Waals surface area contributed by atoms with Gasteiger partial charge < -0.3 is 10.1 Å². The topological polar surface area (TPSA) is 58.6 Å². The predicted molar refractivity (Wildman–Crippen MR) is 144 cm³/mol. The smallest absolute Gasteiger partial charge is 0.322 e. The van der Waals surface area contributed by atoms with Crippen molar-refractivity contribution in [3.05, 3.63) is 120 Å². The zero-order chi connectivity index (χ0) is 25.2. The highest BCUT2D eigenvalue weighted by atomic mass is 32.2. The van der Waals surface area contributed by atoms with Crippen LogP contribution < -0.4 is 15.0 Å². The highest BCUT2D eigenvalue weighted by molar-refractivity contribution is 7.99. The van der Waals surface area contributed by atoms with E-state index in [2.05, 4.69) is 17.4 Å².